The van der Waals surface area contributed by atoms with Crippen molar-refractivity contribution in [3.8, 4) is 0 Å². The molecule has 5 aromatic rings. The molecule has 0 aliphatic heterocycles. The van der Waals surface area contributed by atoms with Gasteiger partial charge in [-0.3, -0.25) is 0 Å². The minimum atomic E-state index is -0.0508. The second-order valence-corrected chi connectivity index (χ2v) is 14.8. The van der Waals surface area contributed by atoms with E-state index < -0.39 is 0 Å². The molecule has 0 aliphatic carbocycles. The van der Waals surface area contributed by atoms with Gasteiger partial charge in [0.1, 0.15) is 0 Å². The maximum absolute atomic E-state index is 6.53. The monoisotopic (exact) mass is 663 g/mol. The Hall–Kier alpha value is -3.66. The summed E-state index contributed by atoms with van der Waals surface area (Å²) in [5.41, 5.74) is 8.81. The minimum absolute atomic E-state index is 0.0508. The molecule has 5 aromatic carbocycles. The Labute approximate surface area is 276 Å². The van der Waals surface area contributed by atoms with Gasteiger partial charge in [-0.25, -0.2) is 0 Å². The van der Waals surface area contributed by atoms with E-state index in [4.69, 9.17) is 9.47 Å². The third kappa shape index (κ3) is 8.75. The SMILES string of the molecule is C[C@@H](OCc1ccccc1)c1cccc([C@@H](C)OCc2ccccc2)c1[Se][C@H](C)[C@H](c1ccccc1)c1ccc(N(C)C)cc1. The van der Waals surface area contributed by atoms with Crippen LogP contribution in [0.1, 0.15) is 72.3 Å². The third-order valence-corrected chi connectivity index (χ3v) is 11.2. The fourth-order valence-corrected chi connectivity index (χ4v) is 9.03. The number of ether oxygens (including phenoxy) is 2. The summed E-state index contributed by atoms with van der Waals surface area (Å²) >= 11 is 0.126. The van der Waals surface area contributed by atoms with Crippen molar-refractivity contribution in [2.45, 2.75) is 56.9 Å². The molecule has 4 heteroatoms. The average molecular weight is 663 g/mol. The second kappa shape index (κ2) is 16.1. The van der Waals surface area contributed by atoms with Crippen LogP contribution in [0.5, 0.6) is 0 Å². The van der Waals surface area contributed by atoms with Crippen molar-refractivity contribution in [2.24, 2.45) is 0 Å². The molecule has 0 spiro atoms. The van der Waals surface area contributed by atoms with Crippen LogP contribution in [0.15, 0.2) is 133 Å². The first kappa shape index (κ1) is 32.7. The molecule has 232 valence electrons. The Morgan fingerprint density at radius 1 is 0.533 bits per heavy atom. The van der Waals surface area contributed by atoms with E-state index in [2.05, 4.69) is 161 Å². The Bertz CT molecular complexity index is 1520. The van der Waals surface area contributed by atoms with Crippen LogP contribution in [0.3, 0.4) is 0 Å². The molecule has 5 rings (SSSR count). The fraction of sp³-hybridized carbons (Fsp3) is 0.268. The van der Waals surface area contributed by atoms with Crippen molar-refractivity contribution in [3.63, 3.8) is 0 Å². The van der Waals surface area contributed by atoms with Gasteiger partial charge in [0.2, 0.25) is 0 Å². The summed E-state index contributed by atoms with van der Waals surface area (Å²) in [7, 11) is 4.19. The van der Waals surface area contributed by atoms with E-state index in [9.17, 15) is 0 Å². The summed E-state index contributed by atoms with van der Waals surface area (Å²) in [5, 5.41) is 0. The first-order valence-electron chi connectivity index (χ1n) is 15.8. The van der Waals surface area contributed by atoms with E-state index in [1.165, 1.54) is 43.5 Å². The van der Waals surface area contributed by atoms with Gasteiger partial charge in [0.15, 0.2) is 0 Å². The van der Waals surface area contributed by atoms with Crippen molar-refractivity contribution in [2.75, 3.05) is 19.0 Å². The molecular formula is C41H45NO2Se. The quantitative estimate of drug-likeness (QED) is 0.111. The number of benzene rings is 5. The molecule has 0 unspecified atom stereocenters. The van der Waals surface area contributed by atoms with Gasteiger partial charge < -0.3 is 0 Å². The summed E-state index contributed by atoms with van der Waals surface area (Å²) in [5.74, 6) is 0.268. The normalized spacial score (nSPS) is 14.0. The Morgan fingerprint density at radius 2 is 0.978 bits per heavy atom. The van der Waals surface area contributed by atoms with Gasteiger partial charge in [0.25, 0.3) is 0 Å². The van der Waals surface area contributed by atoms with Gasteiger partial charge in [-0.1, -0.05) is 0 Å². The van der Waals surface area contributed by atoms with Crippen molar-refractivity contribution < 1.29 is 9.47 Å². The van der Waals surface area contributed by atoms with Gasteiger partial charge in [0.05, 0.1) is 0 Å². The average Bonchev–Trinajstić information content (AvgIpc) is 3.08. The fourth-order valence-electron chi connectivity index (χ4n) is 5.75. The summed E-state index contributed by atoms with van der Waals surface area (Å²) in [4.78, 5) is 2.54. The van der Waals surface area contributed by atoms with Gasteiger partial charge >= 0.3 is 277 Å². The number of hydrogen-bond donors (Lipinski definition) is 0. The summed E-state index contributed by atoms with van der Waals surface area (Å²) in [6, 6.07) is 47.7. The standard InChI is InChI=1S/C41H45NO2Se/c1-30(43-28-33-16-9-6-10-17-33)38-22-15-23-39(31(2)44-29-34-18-11-7-12-19-34)41(38)45-32(3)40(35-20-13-8-14-21-35)36-24-26-37(27-25-36)42(4)5/h6-27,30-32,40H,28-29H2,1-5H3/t30-,31-,32-,40-/m1/s1. The van der Waals surface area contributed by atoms with Crippen molar-refractivity contribution in [3.05, 3.63) is 167 Å². The van der Waals surface area contributed by atoms with E-state index >= 15 is 0 Å². The predicted octanol–water partition coefficient (Wildman–Crippen LogP) is 9.28. The molecule has 0 N–H and O–H groups in total. The third-order valence-electron chi connectivity index (χ3n) is 8.34. The van der Waals surface area contributed by atoms with E-state index in [-0.39, 0.29) is 33.1 Å². The topological polar surface area (TPSA) is 21.7 Å². The molecule has 0 bridgehead atoms. The zero-order valence-electron chi connectivity index (χ0n) is 27.1. The Morgan fingerprint density at radius 3 is 1.44 bits per heavy atom. The summed E-state index contributed by atoms with van der Waals surface area (Å²) in [6.45, 7) is 7.97. The molecule has 0 heterocycles. The molecule has 0 amide bonds. The van der Waals surface area contributed by atoms with Crippen LogP contribution in [-0.2, 0) is 22.7 Å². The molecule has 45 heavy (non-hydrogen) atoms. The van der Waals surface area contributed by atoms with Crippen LogP contribution in [0.25, 0.3) is 0 Å². The van der Waals surface area contributed by atoms with E-state index in [0.29, 0.717) is 18.0 Å². The molecule has 0 fully saturated rings. The van der Waals surface area contributed by atoms with Crippen LogP contribution in [0.2, 0.25) is 4.82 Å². The molecule has 0 aliphatic rings. The molecule has 3 nitrogen and oxygen atoms in total. The first-order chi connectivity index (χ1) is 21.9. The molecule has 0 saturated heterocycles. The van der Waals surface area contributed by atoms with Crippen molar-refractivity contribution in [1.29, 1.82) is 0 Å². The Kier molecular flexibility index (Phi) is 11.7. The van der Waals surface area contributed by atoms with Crippen LogP contribution in [0, 0.1) is 0 Å². The zero-order valence-corrected chi connectivity index (χ0v) is 28.8. The number of nitrogens with zero attached hydrogens (tertiary/aromatic N) is 1. The van der Waals surface area contributed by atoms with Gasteiger partial charge in [-0.05, 0) is 0 Å². The number of rotatable bonds is 14. The van der Waals surface area contributed by atoms with Gasteiger partial charge in [-0.15, -0.1) is 0 Å². The molecule has 4 atom stereocenters. The van der Waals surface area contributed by atoms with Gasteiger partial charge in [0, 0.05) is 0 Å². The van der Waals surface area contributed by atoms with E-state index in [1.54, 1.807) is 0 Å². The van der Waals surface area contributed by atoms with Crippen molar-refractivity contribution >= 4 is 25.1 Å². The first-order valence-corrected chi connectivity index (χ1v) is 17.7. The number of anilines is 1. The van der Waals surface area contributed by atoms with Crippen LogP contribution >= 0.6 is 0 Å². The van der Waals surface area contributed by atoms with Crippen LogP contribution < -0.4 is 9.36 Å². The molecule has 0 saturated carbocycles. The van der Waals surface area contributed by atoms with Crippen LogP contribution in [-0.4, -0.2) is 29.1 Å². The molecular weight excluding hydrogens is 617 g/mol. The summed E-state index contributed by atoms with van der Waals surface area (Å²) < 4.78 is 14.5. The van der Waals surface area contributed by atoms with Gasteiger partial charge in [-0.2, -0.15) is 0 Å². The van der Waals surface area contributed by atoms with Crippen molar-refractivity contribution in [1.82, 2.24) is 0 Å². The van der Waals surface area contributed by atoms with E-state index in [1.807, 2.05) is 12.1 Å². The predicted molar refractivity (Wildman–Crippen MR) is 190 cm³/mol. The maximum atomic E-state index is 6.53. The van der Waals surface area contributed by atoms with E-state index in [0.717, 1.165) is 0 Å². The zero-order chi connectivity index (χ0) is 31.6. The molecule has 0 aromatic heterocycles. The number of hydrogen-bond acceptors (Lipinski definition) is 3. The molecule has 0 radical (unpaired) electrons. The Balaban J connectivity index is 1.48. The van der Waals surface area contributed by atoms with Crippen LogP contribution in [0.4, 0.5) is 5.69 Å². The summed E-state index contributed by atoms with van der Waals surface area (Å²) in [6.07, 6.45) is -0.102. The second-order valence-electron chi connectivity index (χ2n) is 11.8.